The van der Waals surface area contributed by atoms with Gasteiger partial charge in [-0.15, -0.1) is 0 Å². The first kappa shape index (κ1) is 11.4. The molecule has 0 amide bonds. The van der Waals surface area contributed by atoms with Crippen molar-refractivity contribution in [2.24, 2.45) is 5.92 Å². The van der Waals surface area contributed by atoms with Crippen LogP contribution in [0.25, 0.3) is 5.57 Å². The van der Waals surface area contributed by atoms with Crippen LogP contribution in [0, 0.1) is 12.0 Å². The molecule has 18 heavy (non-hydrogen) atoms. The first-order valence-electron chi connectivity index (χ1n) is 6.57. The van der Waals surface area contributed by atoms with Crippen LogP contribution in [0.4, 0.5) is 0 Å². The van der Waals surface area contributed by atoms with Crippen LogP contribution in [-0.4, -0.2) is 22.8 Å². The van der Waals surface area contributed by atoms with E-state index in [-0.39, 0.29) is 0 Å². The molecule has 0 saturated carbocycles. The molecular formula is C15H18N3+. The Hall–Kier alpha value is -1.70. The number of aromatic amines is 1. The molecule has 0 unspecified atom stereocenters. The Labute approximate surface area is 108 Å². The normalized spacial score (nSPS) is 27.4. The summed E-state index contributed by atoms with van der Waals surface area (Å²) in [5, 5.41) is 10.4. The van der Waals surface area contributed by atoms with E-state index in [1.165, 1.54) is 18.4 Å². The van der Waals surface area contributed by atoms with E-state index >= 15 is 0 Å². The second-order valence-electron chi connectivity index (χ2n) is 5.16. The van der Waals surface area contributed by atoms with Crippen molar-refractivity contribution in [2.75, 3.05) is 6.54 Å². The van der Waals surface area contributed by atoms with Gasteiger partial charge in [-0.3, -0.25) is 5.10 Å². The number of rotatable bonds is 2. The first-order valence-corrected chi connectivity index (χ1v) is 6.57. The number of H-pyrrole nitrogens is 1. The predicted octanol–water partition coefficient (Wildman–Crippen LogP) is 2.48. The van der Waals surface area contributed by atoms with Gasteiger partial charge in [-0.25, -0.2) is 0 Å². The predicted molar refractivity (Wildman–Crippen MR) is 72.6 cm³/mol. The summed E-state index contributed by atoms with van der Waals surface area (Å²) in [6.45, 7) is 3.41. The molecule has 2 N–H and O–H groups in total. The fraction of sp³-hybridized carbons (Fsp3) is 0.400. The van der Waals surface area contributed by atoms with Gasteiger partial charge in [-0.2, -0.15) is 5.10 Å². The average molecular weight is 240 g/mol. The van der Waals surface area contributed by atoms with Crippen molar-refractivity contribution in [1.82, 2.24) is 15.5 Å². The maximum atomic E-state index is 3.97. The third kappa shape index (κ3) is 2.28. The van der Waals surface area contributed by atoms with Crippen LogP contribution in [0.5, 0.6) is 0 Å². The summed E-state index contributed by atoms with van der Waals surface area (Å²) in [6.07, 6.45) is 16.0. The van der Waals surface area contributed by atoms with E-state index in [4.69, 9.17) is 0 Å². The van der Waals surface area contributed by atoms with E-state index in [2.05, 4.69) is 46.7 Å². The number of hydrogen-bond acceptors (Lipinski definition) is 2. The Morgan fingerprint density at radius 1 is 1.33 bits per heavy atom. The quantitative estimate of drug-likeness (QED) is 0.780. The molecule has 1 aromatic rings. The summed E-state index contributed by atoms with van der Waals surface area (Å²) in [5.74, 6) is 0.798. The molecule has 1 aliphatic heterocycles. The molecule has 1 saturated heterocycles. The zero-order valence-corrected chi connectivity index (χ0v) is 10.6. The van der Waals surface area contributed by atoms with Crippen LogP contribution in [-0.2, 0) is 0 Å². The maximum Gasteiger partial charge on any atom is 0.132 e. The van der Waals surface area contributed by atoms with Crippen molar-refractivity contribution < 1.29 is 0 Å². The van der Waals surface area contributed by atoms with Gasteiger partial charge < -0.3 is 5.32 Å². The van der Waals surface area contributed by atoms with Gasteiger partial charge in [0.1, 0.15) is 11.6 Å². The van der Waals surface area contributed by atoms with E-state index < -0.39 is 0 Å². The Morgan fingerprint density at radius 3 is 2.89 bits per heavy atom. The minimum atomic E-state index is 0.472. The van der Waals surface area contributed by atoms with Crippen LogP contribution in [0.3, 0.4) is 0 Å². The van der Waals surface area contributed by atoms with Crippen molar-refractivity contribution >= 4 is 5.57 Å². The monoisotopic (exact) mass is 240 g/mol. The van der Waals surface area contributed by atoms with Crippen molar-refractivity contribution in [3.8, 4) is 0 Å². The summed E-state index contributed by atoms with van der Waals surface area (Å²) in [4.78, 5) is 0. The lowest BCUT2D eigenvalue weighted by Gasteiger charge is -2.26. The lowest BCUT2D eigenvalue weighted by atomic mass is 9.89. The van der Waals surface area contributed by atoms with Crippen LogP contribution in [0.1, 0.15) is 25.3 Å². The van der Waals surface area contributed by atoms with Crippen LogP contribution < -0.4 is 5.32 Å². The third-order valence-electron chi connectivity index (χ3n) is 3.70. The lowest BCUT2D eigenvalue weighted by molar-refractivity contribution is 0.355. The van der Waals surface area contributed by atoms with Crippen molar-refractivity contribution in [2.45, 2.75) is 25.8 Å². The van der Waals surface area contributed by atoms with Gasteiger partial charge in [0.2, 0.25) is 0 Å². The molecule has 2 atom stereocenters. The van der Waals surface area contributed by atoms with Crippen molar-refractivity contribution in [3.05, 3.63) is 47.8 Å². The zero-order chi connectivity index (χ0) is 12.4. The minimum Gasteiger partial charge on any atom is -0.307 e. The highest BCUT2D eigenvalue weighted by Crippen LogP contribution is 2.24. The minimum absolute atomic E-state index is 0.472. The SMILES string of the molecule is C[C@@H]1CC[C@@H](C2=[C+]C=C(c3cn[nH]c3)C=C2)NC1. The topological polar surface area (TPSA) is 40.7 Å². The van der Waals surface area contributed by atoms with Gasteiger partial charge in [-0.1, -0.05) is 6.92 Å². The van der Waals surface area contributed by atoms with Gasteiger partial charge in [0.05, 0.1) is 35.5 Å². The largest absolute Gasteiger partial charge is 0.307 e. The van der Waals surface area contributed by atoms with E-state index in [1.54, 1.807) is 0 Å². The molecule has 2 aliphatic rings. The molecule has 0 bridgehead atoms. The zero-order valence-electron chi connectivity index (χ0n) is 10.6. The molecule has 0 spiro atoms. The third-order valence-corrected chi connectivity index (χ3v) is 3.70. The molecule has 2 heterocycles. The number of nitrogens with one attached hydrogen (secondary N) is 2. The Morgan fingerprint density at radius 2 is 2.28 bits per heavy atom. The summed E-state index contributed by atoms with van der Waals surface area (Å²) >= 11 is 0. The molecule has 1 fully saturated rings. The van der Waals surface area contributed by atoms with Crippen LogP contribution in [0.2, 0.25) is 0 Å². The maximum absolute atomic E-state index is 3.97. The highest BCUT2D eigenvalue weighted by atomic mass is 15.1. The van der Waals surface area contributed by atoms with Crippen LogP contribution in [0.15, 0.2) is 36.2 Å². The van der Waals surface area contributed by atoms with E-state index in [9.17, 15) is 0 Å². The molecular weight excluding hydrogens is 222 g/mol. The summed E-state index contributed by atoms with van der Waals surface area (Å²) in [6, 6.07) is 0.472. The summed E-state index contributed by atoms with van der Waals surface area (Å²) in [5.41, 5.74) is 3.55. The van der Waals surface area contributed by atoms with Gasteiger partial charge in [0.25, 0.3) is 0 Å². The molecule has 0 aromatic carbocycles. The fourth-order valence-electron chi connectivity index (χ4n) is 2.51. The molecule has 1 aliphatic carbocycles. The second kappa shape index (κ2) is 4.89. The summed E-state index contributed by atoms with van der Waals surface area (Å²) < 4.78 is 0. The van der Waals surface area contributed by atoms with Gasteiger partial charge in [-0.05, 0) is 25.3 Å². The molecule has 3 rings (SSSR count). The fourth-order valence-corrected chi connectivity index (χ4v) is 2.51. The first-order chi connectivity index (χ1) is 8.83. The Kier molecular flexibility index (Phi) is 3.09. The highest BCUT2D eigenvalue weighted by molar-refractivity contribution is 5.76. The van der Waals surface area contributed by atoms with Gasteiger partial charge in [0.15, 0.2) is 0 Å². The molecule has 92 valence electrons. The highest BCUT2D eigenvalue weighted by Gasteiger charge is 2.25. The van der Waals surface area contributed by atoms with Crippen molar-refractivity contribution in [3.63, 3.8) is 0 Å². The number of piperidine rings is 1. The Bertz CT molecular complexity index is 486. The lowest BCUT2D eigenvalue weighted by Crippen LogP contribution is -2.39. The van der Waals surface area contributed by atoms with Crippen LogP contribution >= 0.6 is 0 Å². The van der Waals surface area contributed by atoms with Crippen molar-refractivity contribution in [1.29, 1.82) is 0 Å². The molecule has 1 aromatic heterocycles. The smallest absolute Gasteiger partial charge is 0.132 e. The average Bonchev–Trinajstić information content (AvgIpc) is 2.94. The molecule has 3 nitrogen and oxygen atoms in total. The van der Waals surface area contributed by atoms with E-state index in [1.807, 2.05) is 12.4 Å². The number of hydrogen-bond donors (Lipinski definition) is 2. The van der Waals surface area contributed by atoms with E-state index in [0.717, 1.165) is 23.6 Å². The second-order valence-corrected chi connectivity index (χ2v) is 5.16. The number of allylic oxidation sites excluding steroid dienone is 4. The van der Waals surface area contributed by atoms with Gasteiger partial charge >= 0.3 is 0 Å². The Balaban J connectivity index is 1.72. The van der Waals surface area contributed by atoms with E-state index in [0.29, 0.717) is 6.04 Å². The number of aromatic nitrogens is 2. The van der Waals surface area contributed by atoms with Gasteiger partial charge in [0, 0.05) is 12.3 Å². The number of nitrogens with zero attached hydrogens (tertiary/aromatic N) is 1. The summed E-state index contributed by atoms with van der Waals surface area (Å²) in [7, 11) is 0. The molecule has 0 radical (unpaired) electrons. The molecule has 3 heteroatoms. The standard InChI is InChI=1S/C15H18N3/c1-11-2-7-15(16-8-11)13-5-3-12(4-6-13)14-9-17-18-10-14/h3-5,9-11,15-16H,2,7-8H2,1H3,(H,17,18)/q+1/t11-,15+/m1/s1.